The summed E-state index contributed by atoms with van der Waals surface area (Å²) in [7, 11) is 0. The molecule has 7 heteroatoms. The zero-order valence-corrected chi connectivity index (χ0v) is 13.0. The van der Waals surface area contributed by atoms with Crippen LogP contribution in [0.25, 0.3) is 0 Å². The minimum atomic E-state index is -0.491. The molecular weight excluding hydrogens is 296 g/mol. The van der Waals surface area contributed by atoms with E-state index in [2.05, 4.69) is 51.7 Å². The molecule has 1 saturated heterocycles. The van der Waals surface area contributed by atoms with Gasteiger partial charge in [0.05, 0.1) is 0 Å². The first-order valence-corrected chi connectivity index (χ1v) is 7.67. The number of hydrogen-bond acceptors (Lipinski definition) is 4. The van der Waals surface area contributed by atoms with Gasteiger partial charge in [0.2, 0.25) is 5.82 Å². The van der Waals surface area contributed by atoms with Crippen molar-refractivity contribution in [2.75, 3.05) is 19.8 Å². The maximum Gasteiger partial charge on any atom is 0.341 e. The molecule has 1 fully saturated rings. The summed E-state index contributed by atoms with van der Waals surface area (Å²) in [6, 6.07) is 8.39. The van der Waals surface area contributed by atoms with Gasteiger partial charge in [0.1, 0.15) is 0 Å². The van der Waals surface area contributed by atoms with Gasteiger partial charge in [-0.2, -0.15) is 0 Å². The zero-order chi connectivity index (χ0) is 16.3. The molecule has 1 aromatic carbocycles. The first kappa shape index (κ1) is 15.5. The molecule has 0 unspecified atom stereocenters. The molecule has 1 aliphatic heterocycles. The average molecular weight is 316 g/mol. The Hall–Kier alpha value is -2.41. The number of aromatic nitrogens is 3. The summed E-state index contributed by atoms with van der Waals surface area (Å²) in [5, 5.41) is 8.74. The second kappa shape index (κ2) is 6.37. The number of ether oxygens (including phenoxy) is 1. The van der Waals surface area contributed by atoms with Crippen LogP contribution in [0.2, 0.25) is 0 Å². The Morgan fingerprint density at radius 3 is 2.61 bits per heavy atom. The summed E-state index contributed by atoms with van der Waals surface area (Å²) >= 11 is 0. The fourth-order valence-corrected chi connectivity index (χ4v) is 2.95. The monoisotopic (exact) mass is 316 g/mol. The molecule has 0 aliphatic carbocycles. The van der Waals surface area contributed by atoms with E-state index >= 15 is 0 Å². The highest BCUT2D eigenvalue weighted by Crippen LogP contribution is 2.34. The van der Waals surface area contributed by atoms with Crippen molar-refractivity contribution in [3.63, 3.8) is 0 Å². The van der Waals surface area contributed by atoms with Crippen molar-refractivity contribution in [3.05, 3.63) is 51.7 Å². The molecule has 0 bridgehead atoms. The van der Waals surface area contributed by atoms with Crippen LogP contribution in [0.1, 0.15) is 34.6 Å². The Balaban J connectivity index is 1.78. The molecular formula is C16H20N4O3. The number of carbonyl (C=O) groups is 1. The second-order valence-electron chi connectivity index (χ2n) is 5.97. The fraction of sp³-hybridized carbons (Fsp3) is 0.438. The molecule has 0 spiro atoms. The third-order valence-electron chi connectivity index (χ3n) is 4.42. The number of nitrogens with zero attached hydrogens (tertiary/aromatic N) is 1. The molecule has 1 amide bonds. The minimum absolute atomic E-state index is 0.00103. The van der Waals surface area contributed by atoms with Crippen LogP contribution in [0.4, 0.5) is 0 Å². The van der Waals surface area contributed by atoms with E-state index in [4.69, 9.17) is 4.74 Å². The number of rotatable bonds is 4. The van der Waals surface area contributed by atoms with Gasteiger partial charge in [0.25, 0.3) is 5.91 Å². The van der Waals surface area contributed by atoms with Gasteiger partial charge in [-0.15, -0.1) is 5.10 Å². The second-order valence-corrected chi connectivity index (χ2v) is 5.97. The molecule has 0 radical (unpaired) electrons. The van der Waals surface area contributed by atoms with Crippen LogP contribution in [-0.4, -0.2) is 40.8 Å². The highest BCUT2D eigenvalue weighted by Gasteiger charge is 2.35. The first-order valence-electron chi connectivity index (χ1n) is 7.67. The molecule has 0 atom stereocenters. The summed E-state index contributed by atoms with van der Waals surface area (Å²) in [4.78, 5) is 25.5. The standard InChI is InChI=1S/C16H20N4O3/c1-11-2-4-12(5-3-11)16(6-8-23-9-7-16)10-17-14(21)13-18-15(22)20-19-13/h2-5H,6-10H2,1H3,(H,17,21)(H2,18,19,20,22). The van der Waals surface area contributed by atoms with Gasteiger partial charge in [-0.3, -0.25) is 9.78 Å². The molecule has 7 nitrogen and oxygen atoms in total. The summed E-state index contributed by atoms with van der Waals surface area (Å²) in [6.45, 7) is 3.87. The third kappa shape index (κ3) is 3.34. The molecule has 3 rings (SSSR count). The maximum atomic E-state index is 12.1. The zero-order valence-electron chi connectivity index (χ0n) is 13.0. The smallest absolute Gasteiger partial charge is 0.341 e. The minimum Gasteiger partial charge on any atom is -0.381 e. The van der Waals surface area contributed by atoms with Crippen molar-refractivity contribution < 1.29 is 9.53 Å². The predicted octanol–water partition coefficient (Wildman–Crippen LogP) is 0.885. The molecule has 2 aromatic rings. The lowest BCUT2D eigenvalue weighted by Crippen LogP contribution is -2.44. The number of H-pyrrole nitrogens is 2. The van der Waals surface area contributed by atoms with Gasteiger partial charge in [-0.05, 0) is 25.3 Å². The van der Waals surface area contributed by atoms with Crippen LogP contribution in [0.3, 0.4) is 0 Å². The molecule has 1 aliphatic rings. The van der Waals surface area contributed by atoms with E-state index in [1.165, 1.54) is 11.1 Å². The van der Waals surface area contributed by atoms with E-state index < -0.39 is 5.69 Å². The van der Waals surface area contributed by atoms with Crippen molar-refractivity contribution in [2.24, 2.45) is 0 Å². The number of nitrogens with one attached hydrogen (secondary N) is 3. The Morgan fingerprint density at radius 1 is 1.30 bits per heavy atom. The molecule has 0 saturated carbocycles. The Labute approximate surface area is 133 Å². The largest absolute Gasteiger partial charge is 0.381 e. The lowest BCUT2D eigenvalue weighted by atomic mass is 9.74. The molecule has 1 aromatic heterocycles. The Morgan fingerprint density at radius 2 is 2.00 bits per heavy atom. The van der Waals surface area contributed by atoms with E-state index in [1.807, 2.05) is 0 Å². The maximum absolute atomic E-state index is 12.1. The number of carbonyl (C=O) groups excluding carboxylic acids is 1. The molecule has 2 heterocycles. The van der Waals surface area contributed by atoms with E-state index in [0.29, 0.717) is 19.8 Å². The summed E-state index contributed by atoms with van der Waals surface area (Å²) < 4.78 is 5.49. The lowest BCUT2D eigenvalue weighted by Gasteiger charge is -2.38. The molecule has 122 valence electrons. The summed E-state index contributed by atoms with van der Waals surface area (Å²) in [5.41, 5.74) is 1.75. The molecule has 23 heavy (non-hydrogen) atoms. The van der Waals surface area contributed by atoms with Gasteiger partial charge < -0.3 is 10.1 Å². The van der Waals surface area contributed by atoms with Crippen molar-refractivity contribution in [1.29, 1.82) is 0 Å². The normalized spacial score (nSPS) is 16.9. The highest BCUT2D eigenvalue weighted by atomic mass is 16.5. The van der Waals surface area contributed by atoms with Crippen molar-refractivity contribution in [2.45, 2.75) is 25.2 Å². The van der Waals surface area contributed by atoms with Crippen LogP contribution in [0, 0.1) is 6.92 Å². The van der Waals surface area contributed by atoms with Crippen molar-refractivity contribution in [3.8, 4) is 0 Å². The highest BCUT2D eigenvalue weighted by molar-refractivity contribution is 5.90. The van der Waals surface area contributed by atoms with Gasteiger partial charge in [-0.25, -0.2) is 9.89 Å². The van der Waals surface area contributed by atoms with Crippen LogP contribution in [0.5, 0.6) is 0 Å². The van der Waals surface area contributed by atoms with Crippen molar-refractivity contribution in [1.82, 2.24) is 20.5 Å². The van der Waals surface area contributed by atoms with Gasteiger partial charge in [0, 0.05) is 25.2 Å². The van der Waals surface area contributed by atoms with E-state index in [1.54, 1.807) is 0 Å². The first-order chi connectivity index (χ1) is 11.1. The SMILES string of the molecule is Cc1ccc(C2(CNC(=O)c3n[nH]c(=O)[nH]3)CCOCC2)cc1. The summed E-state index contributed by atoms with van der Waals surface area (Å²) in [6.07, 6.45) is 1.68. The van der Waals surface area contributed by atoms with E-state index in [9.17, 15) is 9.59 Å². The number of hydrogen-bond donors (Lipinski definition) is 3. The molecule has 3 N–H and O–H groups in total. The van der Waals surface area contributed by atoms with Crippen LogP contribution < -0.4 is 11.0 Å². The quantitative estimate of drug-likeness (QED) is 0.779. The topological polar surface area (TPSA) is 99.9 Å². The average Bonchev–Trinajstić information content (AvgIpc) is 3.01. The fourth-order valence-electron chi connectivity index (χ4n) is 2.95. The third-order valence-corrected chi connectivity index (χ3v) is 4.42. The Kier molecular flexibility index (Phi) is 4.29. The lowest BCUT2D eigenvalue weighted by molar-refractivity contribution is 0.0486. The van der Waals surface area contributed by atoms with Gasteiger partial charge in [-0.1, -0.05) is 29.8 Å². The predicted molar refractivity (Wildman–Crippen MR) is 84.5 cm³/mol. The van der Waals surface area contributed by atoms with E-state index in [0.717, 1.165) is 12.8 Å². The van der Waals surface area contributed by atoms with Gasteiger partial charge in [0.15, 0.2) is 0 Å². The van der Waals surface area contributed by atoms with Gasteiger partial charge >= 0.3 is 5.69 Å². The Bertz CT molecular complexity index is 726. The summed E-state index contributed by atoms with van der Waals surface area (Å²) in [5.74, 6) is -0.387. The van der Waals surface area contributed by atoms with Crippen LogP contribution in [0.15, 0.2) is 29.1 Å². The van der Waals surface area contributed by atoms with Crippen LogP contribution in [-0.2, 0) is 10.2 Å². The van der Waals surface area contributed by atoms with Crippen LogP contribution >= 0.6 is 0 Å². The number of amides is 1. The van der Waals surface area contributed by atoms with E-state index in [-0.39, 0.29) is 17.1 Å². The number of benzene rings is 1. The number of aryl methyl sites for hydroxylation is 1. The van der Waals surface area contributed by atoms with Crippen molar-refractivity contribution >= 4 is 5.91 Å². The number of aromatic amines is 2.